The van der Waals surface area contributed by atoms with Crippen LogP contribution < -0.4 is 9.47 Å². The number of alkyl halides is 2. The number of hydrogen-bond donors (Lipinski definition) is 1. The van der Waals surface area contributed by atoms with E-state index in [0.29, 0.717) is 40.9 Å². The van der Waals surface area contributed by atoms with Crippen molar-refractivity contribution in [3.63, 3.8) is 0 Å². The number of nitrogens with zero attached hydrogens (tertiary/aromatic N) is 1. The summed E-state index contributed by atoms with van der Waals surface area (Å²) in [4.78, 5) is 13.3. The van der Waals surface area contributed by atoms with Gasteiger partial charge in [-0.1, -0.05) is 0 Å². The molecule has 3 aromatic rings. The number of benzene rings is 2. The van der Waals surface area contributed by atoms with Gasteiger partial charge in [0.05, 0.1) is 25.0 Å². The first-order chi connectivity index (χ1) is 16.2. The van der Waals surface area contributed by atoms with Crippen LogP contribution in [0.1, 0.15) is 39.7 Å². The highest BCUT2D eigenvalue weighted by Crippen LogP contribution is 2.46. The molecule has 1 aliphatic rings. The Labute approximate surface area is 196 Å². The molecular formula is C26H27F2NO5. The maximum atomic E-state index is 13.3. The number of halogens is 2. The highest BCUT2D eigenvalue weighted by molar-refractivity contribution is 6.05. The number of carbonyl (C=O) groups excluding carboxylic acids is 1. The summed E-state index contributed by atoms with van der Waals surface area (Å²) >= 11 is 0. The zero-order valence-corrected chi connectivity index (χ0v) is 19.8. The number of fused-ring (bicyclic) bond motifs is 3. The molecule has 0 radical (unpaired) electrons. The van der Waals surface area contributed by atoms with Gasteiger partial charge in [0.2, 0.25) is 0 Å². The number of aromatic hydroxyl groups is 1. The van der Waals surface area contributed by atoms with Crippen LogP contribution in [0, 0.1) is 20.8 Å². The van der Waals surface area contributed by atoms with E-state index in [1.165, 1.54) is 7.11 Å². The Kier molecular flexibility index (Phi) is 6.25. The minimum Gasteiger partial charge on any atom is -0.507 e. The molecule has 0 fully saturated rings. The third-order valence-corrected chi connectivity index (χ3v) is 6.25. The fourth-order valence-corrected chi connectivity index (χ4v) is 4.76. The number of ether oxygens (including phenoxy) is 3. The number of carbonyl (C=O) groups is 1. The molecule has 0 saturated carbocycles. The second kappa shape index (κ2) is 9.00. The van der Waals surface area contributed by atoms with Gasteiger partial charge in [0.1, 0.15) is 5.75 Å². The second-order valence-electron chi connectivity index (χ2n) is 8.30. The normalized spacial score (nSPS) is 12.4. The maximum Gasteiger partial charge on any atom is 0.387 e. The first-order valence-corrected chi connectivity index (χ1v) is 11.0. The number of aryl methyl sites for hydroxylation is 3. The van der Waals surface area contributed by atoms with Gasteiger partial charge in [0.25, 0.3) is 0 Å². The topological polar surface area (TPSA) is 69.9 Å². The molecule has 0 unspecified atom stereocenters. The molecular weight excluding hydrogens is 444 g/mol. The lowest BCUT2D eigenvalue weighted by molar-refractivity contribution is -0.0512. The summed E-state index contributed by atoms with van der Waals surface area (Å²) < 4.78 is 43.4. The first kappa shape index (κ1) is 23.6. The van der Waals surface area contributed by atoms with Crippen molar-refractivity contribution in [2.24, 2.45) is 0 Å². The Hall–Kier alpha value is -3.55. The summed E-state index contributed by atoms with van der Waals surface area (Å²) in [6.07, 6.45) is 0.566. The molecule has 6 nitrogen and oxygen atoms in total. The van der Waals surface area contributed by atoms with Gasteiger partial charge >= 0.3 is 12.6 Å². The van der Waals surface area contributed by atoms with Crippen LogP contribution in [0.25, 0.3) is 22.4 Å². The van der Waals surface area contributed by atoms with Gasteiger partial charge < -0.3 is 23.9 Å². The van der Waals surface area contributed by atoms with Gasteiger partial charge in [-0.25, -0.2) is 4.79 Å². The fourth-order valence-electron chi connectivity index (χ4n) is 4.76. The van der Waals surface area contributed by atoms with Crippen molar-refractivity contribution >= 4 is 5.97 Å². The zero-order valence-electron chi connectivity index (χ0n) is 19.8. The molecule has 2 aromatic carbocycles. The predicted octanol–water partition coefficient (Wildman–Crippen LogP) is 5.80. The van der Waals surface area contributed by atoms with Crippen LogP contribution in [-0.4, -0.2) is 36.0 Å². The number of phenols is 1. The number of phenolic OH excluding ortho intramolecular Hbond substituents is 1. The SMILES string of the molecule is CCOC(=O)c1c(-c2cc(C)c(O)c(C)c2)c(C)n2c1-c1cc(OC)c(OC(F)F)cc1CC2. The van der Waals surface area contributed by atoms with Crippen molar-refractivity contribution in [2.45, 2.75) is 47.3 Å². The first-order valence-electron chi connectivity index (χ1n) is 11.0. The molecule has 180 valence electrons. The highest BCUT2D eigenvalue weighted by Gasteiger charge is 2.33. The Morgan fingerprint density at radius 2 is 1.79 bits per heavy atom. The Morgan fingerprint density at radius 1 is 1.12 bits per heavy atom. The minimum atomic E-state index is -2.98. The van der Waals surface area contributed by atoms with Gasteiger partial charge in [-0.05, 0) is 80.6 Å². The van der Waals surface area contributed by atoms with Gasteiger partial charge in [-0.15, -0.1) is 0 Å². The van der Waals surface area contributed by atoms with Gasteiger partial charge in [-0.2, -0.15) is 8.78 Å². The summed E-state index contributed by atoms with van der Waals surface area (Å²) in [5.41, 5.74) is 6.31. The Bertz CT molecular complexity index is 1260. The van der Waals surface area contributed by atoms with Crippen molar-refractivity contribution in [3.05, 3.63) is 52.2 Å². The molecule has 1 N–H and O–H groups in total. The lowest BCUT2D eigenvalue weighted by Crippen LogP contribution is -2.15. The standard InChI is InChI=1S/C26H27F2NO5/c1-6-33-25(31)22-21(17-9-13(2)24(30)14(3)10-17)15(4)29-8-7-16-11-20(34-26(27)28)19(32-5)12-18(16)23(22)29/h9-12,26,30H,6-8H2,1-5H3. The summed E-state index contributed by atoms with van der Waals surface area (Å²) in [5, 5.41) is 10.3. The largest absolute Gasteiger partial charge is 0.507 e. The predicted molar refractivity (Wildman–Crippen MR) is 124 cm³/mol. The van der Waals surface area contributed by atoms with Crippen LogP contribution >= 0.6 is 0 Å². The van der Waals surface area contributed by atoms with Crippen LogP contribution in [0.5, 0.6) is 17.2 Å². The molecule has 0 spiro atoms. The zero-order chi connectivity index (χ0) is 24.7. The lowest BCUT2D eigenvalue weighted by Gasteiger charge is -2.23. The van der Waals surface area contributed by atoms with Gasteiger partial charge in [0, 0.05) is 23.4 Å². The molecule has 1 aromatic heterocycles. The molecule has 1 aliphatic heterocycles. The summed E-state index contributed by atoms with van der Waals surface area (Å²) in [7, 11) is 1.38. The van der Waals surface area contributed by atoms with E-state index in [1.54, 1.807) is 19.1 Å². The molecule has 2 heterocycles. The molecule has 4 rings (SSSR count). The lowest BCUT2D eigenvalue weighted by atomic mass is 9.92. The second-order valence-corrected chi connectivity index (χ2v) is 8.30. The smallest absolute Gasteiger partial charge is 0.387 e. The average Bonchev–Trinajstić information content (AvgIpc) is 3.09. The van der Waals surface area contributed by atoms with Crippen LogP contribution in [-0.2, 0) is 17.7 Å². The van der Waals surface area contributed by atoms with Gasteiger partial charge in [0.15, 0.2) is 11.5 Å². The third-order valence-electron chi connectivity index (χ3n) is 6.25. The Morgan fingerprint density at radius 3 is 2.38 bits per heavy atom. The summed E-state index contributed by atoms with van der Waals surface area (Å²) in [6.45, 7) is 5.08. The van der Waals surface area contributed by atoms with Crippen molar-refractivity contribution < 1.29 is 32.9 Å². The van der Waals surface area contributed by atoms with Crippen LogP contribution in [0.2, 0.25) is 0 Å². The van der Waals surface area contributed by atoms with E-state index >= 15 is 0 Å². The van der Waals surface area contributed by atoms with Crippen molar-refractivity contribution in [2.75, 3.05) is 13.7 Å². The highest BCUT2D eigenvalue weighted by atomic mass is 19.3. The number of methoxy groups -OCH3 is 1. The minimum absolute atomic E-state index is 0.0457. The van der Waals surface area contributed by atoms with Crippen molar-refractivity contribution in [1.29, 1.82) is 0 Å². The summed E-state index contributed by atoms with van der Waals surface area (Å²) in [5.74, 6) is -0.156. The van der Waals surface area contributed by atoms with Gasteiger partial charge in [-0.3, -0.25) is 0 Å². The quantitative estimate of drug-likeness (QED) is 0.461. The van der Waals surface area contributed by atoms with E-state index in [-0.39, 0.29) is 23.9 Å². The van der Waals surface area contributed by atoms with E-state index in [2.05, 4.69) is 9.30 Å². The number of esters is 1. The Balaban J connectivity index is 2.02. The van der Waals surface area contributed by atoms with Crippen LogP contribution in [0.4, 0.5) is 8.78 Å². The molecule has 0 atom stereocenters. The van der Waals surface area contributed by atoms with Crippen molar-refractivity contribution in [3.8, 4) is 39.6 Å². The molecule has 0 aliphatic carbocycles. The van der Waals surface area contributed by atoms with E-state index < -0.39 is 12.6 Å². The van der Waals surface area contributed by atoms with E-state index in [9.17, 15) is 18.7 Å². The maximum absolute atomic E-state index is 13.3. The molecule has 34 heavy (non-hydrogen) atoms. The van der Waals surface area contributed by atoms with Crippen molar-refractivity contribution in [1.82, 2.24) is 4.57 Å². The number of rotatable bonds is 6. The number of hydrogen-bond acceptors (Lipinski definition) is 5. The monoisotopic (exact) mass is 471 g/mol. The molecule has 0 saturated heterocycles. The van der Waals surface area contributed by atoms with Crippen LogP contribution in [0.15, 0.2) is 24.3 Å². The molecule has 8 heteroatoms. The number of aromatic nitrogens is 1. The van der Waals surface area contributed by atoms with Crippen LogP contribution in [0.3, 0.4) is 0 Å². The summed E-state index contributed by atoms with van der Waals surface area (Å²) in [6, 6.07) is 6.88. The average molecular weight is 472 g/mol. The van der Waals surface area contributed by atoms with E-state index in [1.807, 2.05) is 32.9 Å². The van der Waals surface area contributed by atoms with E-state index in [4.69, 9.17) is 9.47 Å². The molecule has 0 amide bonds. The fraction of sp³-hybridized carbons (Fsp3) is 0.346. The molecule has 0 bridgehead atoms. The van der Waals surface area contributed by atoms with E-state index in [0.717, 1.165) is 22.4 Å². The third kappa shape index (κ3) is 3.87.